The van der Waals surface area contributed by atoms with E-state index in [0.717, 1.165) is 17.8 Å². The van der Waals surface area contributed by atoms with Gasteiger partial charge in [0.15, 0.2) is 0 Å². The van der Waals surface area contributed by atoms with Crippen LogP contribution in [0.15, 0.2) is 30.3 Å². The molecule has 3 unspecified atom stereocenters. The lowest BCUT2D eigenvalue weighted by molar-refractivity contribution is 0.228. The van der Waals surface area contributed by atoms with Crippen LogP contribution in [-0.2, 0) is 0 Å². The molecular weight excluding hydrogens is 182 g/mol. The summed E-state index contributed by atoms with van der Waals surface area (Å²) >= 11 is 0. The maximum atomic E-state index is 4.17. The standard InChI is InChI=1S/C14H18N/c1-10-13-8-15(9-14(10)13)11(2)12-6-4-3-5-7-12/h3-7,10-11,13-14H,1,8-9H2,2H3. The maximum Gasteiger partial charge on any atom is 0.0320 e. The molecule has 1 aromatic carbocycles. The number of benzene rings is 1. The quantitative estimate of drug-likeness (QED) is 0.709. The zero-order valence-corrected chi connectivity index (χ0v) is 9.26. The summed E-state index contributed by atoms with van der Waals surface area (Å²) < 4.78 is 0. The number of hydrogen-bond donors (Lipinski definition) is 0. The van der Waals surface area contributed by atoms with Gasteiger partial charge >= 0.3 is 0 Å². The van der Waals surface area contributed by atoms with E-state index in [2.05, 4.69) is 49.1 Å². The first-order chi connectivity index (χ1) is 7.27. The molecule has 3 atom stereocenters. The van der Waals surface area contributed by atoms with Crippen molar-refractivity contribution in [3.63, 3.8) is 0 Å². The normalized spacial score (nSPS) is 36.3. The van der Waals surface area contributed by atoms with Crippen molar-refractivity contribution >= 4 is 0 Å². The van der Waals surface area contributed by atoms with E-state index in [-0.39, 0.29) is 0 Å². The van der Waals surface area contributed by atoms with Crippen molar-refractivity contribution in [1.82, 2.24) is 4.90 Å². The summed E-state index contributed by atoms with van der Waals surface area (Å²) in [6.45, 7) is 9.01. The highest BCUT2D eigenvalue weighted by Gasteiger charge is 2.53. The second-order valence-corrected chi connectivity index (χ2v) is 5.03. The Bertz CT molecular complexity index is 334. The summed E-state index contributed by atoms with van der Waals surface area (Å²) in [5.74, 6) is 2.55. The number of fused-ring (bicyclic) bond motifs is 1. The zero-order chi connectivity index (χ0) is 10.4. The van der Waals surface area contributed by atoms with Gasteiger partial charge in [-0.15, -0.1) is 0 Å². The van der Waals surface area contributed by atoms with Gasteiger partial charge in [0.25, 0.3) is 0 Å². The number of hydrogen-bond acceptors (Lipinski definition) is 1. The van der Waals surface area contributed by atoms with Crippen molar-refractivity contribution in [2.45, 2.75) is 13.0 Å². The lowest BCUT2D eigenvalue weighted by Gasteiger charge is -2.26. The summed E-state index contributed by atoms with van der Waals surface area (Å²) in [6, 6.07) is 11.4. The predicted molar refractivity (Wildman–Crippen MR) is 62.3 cm³/mol. The van der Waals surface area contributed by atoms with Crippen molar-refractivity contribution in [2.75, 3.05) is 13.1 Å². The molecular formula is C14H18N. The van der Waals surface area contributed by atoms with E-state index in [9.17, 15) is 0 Å². The SMILES string of the molecule is [CH2]C1C2CN(C(C)c3ccccc3)CC12. The van der Waals surface area contributed by atoms with Gasteiger partial charge in [-0.3, -0.25) is 4.90 Å². The van der Waals surface area contributed by atoms with E-state index in [1.165, 1.54) is 18.7 Å². The second-order valence-electron chi connectivity index (χ2n) is 5.03. The third-order valence-corrected chi connectivity index (χ3v) is 4.23. The van der Waals surface area contributed by atoms with Crippen molar-refractivity contribution in [3.05, 3.63) is 42.8 Å². The number of likely N-dealkylation sites (tertiary alicyclic amines) is 1. The molecule has 1 saturated heterocycles. The van der Waals surface area contributed by atoms with Crippen molar-refractivity contribution in [1.29, 1.82) is 0 Å². The lowest BCUT2D eigenvalue weighted by atomic mass is 10.1. The monoisotopic (exact) mass is 200 g/mol. The minimum atomic E-state index is 0.575. The average Bonchev–Trinajstić information content (AvgIpc) is 2.74. The van der Waals surface area contributed by atoms with Crippen LogP contribution in [0.1, 0.15) is 18.5 Å². The van der Waals surface area contributed by atoms with Crippen LogP contribution in [0.3, 0.4) is 0 Å². The first kappa shape index (κ1) is 9.41. The summed E-state index contributed by atoms with van der Waals surface area (Å²) in [6.07, 6.45) is 0. The Morgan fingerprint density at radius 1 is 1.20 bits per heavy atom. The molecule has 1 saturated carbocycles. The Kier molecular flexibility index (Phi) is 2.10. The molecule has 1 aliphatic carbocycles. The Hall–Kier alpha value is -0.820. The van der Waals surface area contributed by atoms with E-state index < -0.39 is 0 Å². The van der Waals surface area contributed by atoms with E-state index in [4.69, 9.17) is 0 Å². The third kappa shape index (κ3) is 1.50. The molecule has 0 amide bonds. The molecule has 1 heteroatoms. The van der Waals surface area contributed by atoms with Gasteiger partial charge in [0, 0.05) is 19.1 Å². The molecule has 79 valence electrons. The molecule has 1 radical (unpaired) electrons. The molecule has 2 aliphatic rings. The van der Waals surface area contributed by atoms with E-state index in [1.807, 2.05) is 0 Å². The van der Waals surface area contributed by atoms with Crippen LogP contribution in [0, 0.1) is 24.7 Å². The van der Waals surface area contributed by atoms with Gasteiger partial charge in [0.2, 0.25) is 0 Å². The Morgan fingerprint density at radius 2 is 1.80 bits per heavy atom. The largest absolute Gasteiger partial charge is 0.296 e. The smallest absolute Gasteiger partial charge is 0.0320 e. The molecule has 1 heterocycles. The van der Waals surface area contributed by atoms with Gasteiger partial charge in [-0.05, 0) is 37.2 Å². The number of rotatable bonds is 2. The van der Waals surface area contributed by atoms with Crippen molar-refractivity contribution < 1.29 is 0 Å². The topological polar surface area (TPSA) is 3.24 Å². The molecule has 1 aromatic rings. The first-order valence-corrected chi connectivity index (χ1v) is 5.89. The van der Waals surface area contributed by atoms with Crippen LogP contribution in [0.2, 0.25) is 0 Å². The van der Waals surface area contributed by atoms with Gasteiger partial charge in [0.1, 0.15) is 0 Å². The minimum Gasteiger partial charge on any atom is -0.296 e. The summed E-state index contributed by atoms with van der Waals surface area (Å²) in [4.78, 5) is 2.60. The average molecular weight is 200 g/mol. The minimum absolute atomic E-state index is 0.575. The highest BCUT2D eigenvalue weighted by molar-refractivity contribution is 5.20. The van der Waals surface area contributed by atoms with Crippen LogP contribution < -0.4 is 0 Å². The predicted octanol–water partition coefficient (Wildman–Crippen LogP) is 2.76. The molecule has 2 fully saturated rings. The summed E-state index contributed by atoms with van der Waals surface area (Å²) in [5.41, 5.74) is 1.44. The van der Waals surface area contributed by atoms with E-state index >= 15 is 0 Å². The molecule has 3 rings (SSSR count). The van der Waals surface area contributed by atoms with Crippen LogP contribution in [0.5, 0.6) is 0 Å². The van der Waals surface area contributed by atoms with Crippen LogP contribution in [0.25, 0.3) is 0 Å². The molecule has 0 N–H and O–H groups in total. The highest BCUT2D eigenvalue weighted by atomic mass is 15.2. The zero-order valence-electron chi connectivity index (χ0n) is 9.26. The fourth-order valence-electron chi connectivity index (χ4n) is 2.94. The Balaban J connectivity index is 1.69. The van der Waals surface area contributed by atoms with Gasteiger partial charge < -0.3 is 0 Å². The Labute approximate surface area is 92.1 Å². The Morgan fingerprint density at radius 3 is 2.40 bits per heavy atom. The van der Waals surface area contributed by atoms with E-state index in [0.29, 0.717) is 6.04 Å². The number of nitrogens with zero attached hydrogens (tertiary/aromatic N) is 1. The molecule has 15 heavy (non-hydrogen) atoms. The van der Waals surface area contributed by atoms with Gasteiger partial charge in [-0.1, -0.05) is 30.3 Å². The first-order valence-electron chi connectivity index (χ1n) is 5.89. The van der Waals surface area contributed by atoms with Gasteiger partial charge in [-0.2, -0.15) is 0 Å². The number of piperidine rings is 1. The van der Waals surface area contributed by atoms with Crippen molar-refractivity contribution in [3.8, 4) is 0 Å². The maximum absolute atomic E-state index is 4.17. The summed E-state index contributed by atoms with van der Waals surface area (Å²) in [5, 5.41) is 0. The van der Waals surface area contributed by atoms with Gasteiger partial charge in [-0.25, -0.2) is 0 Å². The highest BCUT2D eigenvalue weighted by Crippen LogP contribution is 2.52. The molecule has 0 bridgehead atoms. The van der Waals surface area contributed by atoms with Crippen molar-refractivity contribution in [2.24, 2.45) is 17.8 Å². The summed E-state index contributed by atoms with van der Waals surface area (Å²) in [7, 11) is 0. The molecule has 1 aliphatic heterocycles. The second kappa shape index (κ2) is 3.34. The fraction of sp³-hybridized carbons (Fsp3) is 0.500. The lowest BCUT2D eigenvalue weighted by Crippen LogP contribution is -2.27. The van der Waals surface area contributed by atoms with Crippen LogP contribution in [0.4, 0.5) is 0 Å². The third-order valence-electron chi connectivity index (χ3n) is 4.23. The molecule has 0 spiro atoms. The molecule has 1 nitrogen and oxygen atoms in total. The molecule has 0 aromatic heterocycles. The van der Waals surface area contributed by atoms with E-state index in [1.54, 1.807) is 0 Å². The van der Waals surface area contributed by atoms with Crippen LogP contribution in [-0.4, -0.2) is 18.0 Å². The van der Waals surface area contributed by atoms with Crippen LogP contribution >= 0.6 is 0 Å². The fourth-order valence-corrected chi connectivity index (χ4v) is 2.94. The van der Waals surface area contributed by atoms with Gasteiger partial charge in [0.05, 0.1) is 0 Å².